The van der Waals surface area contributed by atoms with Crippen molar-refractivity contribution >= 4 is 32.7 Å². The third kappa shape index (κ3) is 3.92. The fourth-order valence-corrected chi connectivity index (χ4v) is 3.73. The van der Waals surface area contributed by atoms with Gasteiger partial charge < -0.3 is 19.4 Å². The number of carbonyl (C=O) groups is 1. The number of carbonyl (C=O) groups excluding carboxylic acids is 1. The van der Waals surface area contributed by atoms with Gasteiger partial charge in [0.15, 0.2) is 0 Å². The summed E-state index contributed by atoms with van der Waals surface area (Å²) in [5.41, 5.74) is 1.33. The van der Waals surface area contributed by atoms with Crippen LogP contribution in [0.25, 0.3) is 11.0 Å². The van der Waals surface area contributed by atoms with Crippen LogP contribution < -0.4 is 19.5 Å². The van der Waals surface area contributed by atoms with Gasteiger partial charge >= 0.3 is 0 Å². The molecule has 0 aliphatic heterocycles. The van der Waals surface area contributed by atoms with Crippen molar-refractivity contribution < 1.29 is 22.7 Å². The Balaban J connectivity index is 1.90. The second-order valence-electron chi connectivity index (χ2n) is 5.85. The van der Waals surface area contributed by atoms with Crippen LogP contribution in [0.2, 0.25) is 0 Å². The first-order chi connectivity index (χ1) is 13.4. The molecule has 10 heteroatoms. The van der Waals surface area contributed by atoms with Gasteiger partial charge in [0.25, 0.3) is 0 Å². The molecule has 0 saturated heterocycles. The molecule has 0 bridgehead atoms. The van der Waals surface area contributed by atoms with E-state index in [9.17, 15) is 13.2 Å². The lowest BCUT2D eigenvalue weighted by Gasteiger charge is -2.11. The second-order valence-corrected chi connectivity index (χ2v) is 7.71. The van der Waals surface area contributed by atoms with Crippen LogP contribution >= 0.6 is 0 Å². The van der Waals surface area contributed by atoms with Crippen molar-refractivity contribution in [2.45, 2.75) is 11.4 Å². The number of methoxy groups -OCH3 is 2. The molecular formula is C18H20N4O5S. The molecule has 0 saturated carbocycles. The van der Waals surface area contributed by atoms with Crippen molar-refractivity contribution in [1.29, 1.82) is 0 Å². The zero-order chi connectivity index (χ0) is 20.3. The van der Waals surface area contributed by atoms with Crippen LogP contribution in [-0.4, -0.2) is 45.1 Å². The van der Waals surface area contributed by atoms with E-state index in [0.717, 1.165) is 0 Å². The monoisotopic (exact) mass is 404 g/mol. The number of imidazole rings is 1. The summed E-state index contributed by atoms with van der Waals surface area (Å²) in [6.45, 7) is -0.119. The highest BCUT2D eigenvalue weighted by molar-refractivity contribution is 7.89. The van der Waals surface area contributed by atoms with E-state index in [0.29, 0.717) is 28.2 Å². The van der Waals surface area contributed by atoms with E-state index in [-0.39, 0.29) is 17.3 Å². The Kier molecular flexibility index (Phi) is 5.52. The third-order valence-corrected chi connectivity index (χ3v) is 5.55. The Morgan fingerprint density at radius 1 is 1.14 bits per heavy atom. The normalized spacial score (nSPS) is 11.4. The van der Waals surface area contributed by atoms with E-state index in [4.69, 9.17) is 9.47 Å². The summed E-state index contributed by atoms with van der Waals surface area (Å²) in [4.78, 5) is 16.8. The van der Waals surface area contributed by atoms with Crippen LogP contribution in [0.1, 0.15) is 0 Å². The predicted octanol–water partition coefficient (Wildman–Crippen LogP) is 1.60. The van der Waals surface area contributed by atoms with Crippen LogP contribution in [0.3, 0.4) is 0 Å². The Morgan fingerprint density at radius 3 is 2.43 bits per heavy atom. The van der Waals surface area contributed by atoms with Crippen molar-refractivity contribution in [2.24, 2.45) is 0 Å². The van der Waals surface area contributed by atoms with Gasteiger partial charge in [0.05, 0.1) is 31.6 Å². The maximum absolute atomic E-state index is 12.5. The van der Waals surface area contributed by atoms with Crippen LogP contribution in [0.5, 0.6) is 11.5 Å². The number of ether oxygens (including phenoxy) is 2. The molecule has 2 aromatic carbocycles. The summed E-state index contributed by atoms with van der Waals surface area (Å²) in [5.74, 6) is 0.710. The highest BCUT2D eigenvalue weighted by Crippen LogP contribution is 2.26. The molecule has 148 valence electrons. The quantitative estimate of drug-likeness (QED) is 0.619. The van der Waals surface area contributed by atoms with Crippen LogP contribution in [0.4, 0.5) is 5.69 Å². The first-order valence-corrected chi connectivity index (χ1v) is 9.76. The molecule has 0 aliphatic carbocycles. The predicted molar refractivity (Wildman–Crippen MR) is 104 cm³/mol. The molecular weight excluding hydrogens is 384 g/mol. The van der Waals surface area contributed by atoms with E-state index in [1.807, 2.05) is 0 Å². The zero-order valence-electron chi connectivity index (χ0n) is 15.6. The summed E-state index contributed by atoms with van der Waals surface area (Å²) in [5, 5.41) is 2.75. The highest BCUT2D eigenvalue weighted by Gasteiger charge is 2.19. The van der Waals surface area contributed by atoms with Crippen molar-refractivity contribution in [3.05, 3.63) is 42.7 Å². The van der Waals surface area contributed by atoms with E-state index in [1.165, 1.54) is 38.2 Å². The zero-order valence-corrected chi connectivity index (χ0v) is 16.4. The van der Waals surface area contributed by atoms with Gasteiger partial charge in [-0.2, -0.15) is 0 Å². The summed E-state index contributed by atoms with van der Waals surface area (Å²) in [6.07, 6.45) is 1.44. The molecule has 1 heterocycles. The van der Waals surface area contributed by atoms with Gasteiger partial charge in [-0.1, -0.05) is 6.07 Å². The molecule has 28 heavy (non-hydrogen) atoms. The number of amides is 1. The van der Waals surface area contributed by atoms with Gasteiger partial charge in [0, 0.05) is 23.9 Å². The van der Waals surface area contributed by atoms with Gasteiger partial charge in [-0.05, 0) is 19.2 Å². The number of hydrogen-bond acceptors (Lipinski definition) is 6. The summed E-state index contributed by atoms with van der Waals surface area (Å²) in [6, 6.07) is 9.76. The number of para-hydroxylation sites is 1. The molecule has 3 aromatic rings. The number of hydrogen-bond donors (Lipinski definition) is 2. The number of aromatic nitrogens is 2. The van der Waals surface area contributed by atoms with Crippen molar-refractivity contribution in [1.82, 2.24) is 14.3 Å². The highest BCUT2D eigenvalue weighted by atomic mass is 32.2. The molecule has 0 unspecified atom stereocenters. The minimum Gasteiger partial charge on any atom is -0.497 e. The van der Waals surface area contributed by atoms with Crippen molar-refractivity contribution in [2.75, 3.05) is 26.6 Å². The van der Waals surface area contributed by atoms with E-state index in [2.05, 4.69) is 15.0 Å². The van der Waals surface area contributed by atoms with Crippen molar-refractivity contribution in [3.63, 3.8) is 0 Å². The number of nitrogens with zero attached hydrogens (tertiary/aromatic N) is 2. The summed E-state index contributed by atoms with van der Waals surface area (Å²) in [7, 11) is 0.657. The number of anilines is 1. The minimum atomic E-state index is -3.71. The second kappa shape index (κ2) is 7.87. The van der Waals surface area contributed by atoms with Gasteiger partial charge in [0.2, 0.25) is 15.9 Å². The SMILES string of the molecule is CNS(=O)(=O)c1cccc2ncn(CC(=O)Nc3cc(OC)cc(OC)c3)c12. The fraction of sp³-hybridized carbons (Fsp3) is 0.222. The topological polar surface area (TPSA) is 112 Å². The van der Waals surface area contributed by atoms with Gasteiger partial charge in [-0.15, -0.1) is 0 Å². The average molecular weight is 404 g/mol. The summed E-state index contributed by atoms with van der Waals surface area (Å²) >= 11 is 0. The molecule has 9 nitrogen and oxygen atoms in total. The molecule has 3 rings (SSSR count). The van der Waals surface area contributed by atoms with Crippen molar-refractivity contribution in [3.8, 4) is 11.5 Å². The number of benzene rings is 2. The standard InChI is InChI=1S/C18H20N4O5S/c1-19-28(24,25)16-6-4-5-15-18(16)22(11-20-15)10-17(23)21-12-7-13(26-2)9-14(8-12)27-3/h4-9,11,19H,10H2,1-3H3,(H,21,23). The lowest BCUT2D eigenvalue weighted by Crippen LogP contribution is -2.21. The molecule has 0 fully saturated rings. The maximum atomic E-state index is 12.5. The largest absolute Gasteiger partial charge is 0.497 e. The van der Waals surface area contributed by atoms with Crippen LogP contribution in [0, 0.1) is 0 Å². The minimum absolute atomic E-state index is 0.0563. The first-order valence-electron chi connectivity index (χ1n) is 8.28. The molecule has 0 aliphatic rings. The Bertz CT molecular complexity index is 1100. The Hall–Kier alpha value is -3.11. The molecule has 2 N–H and O–H groups in total. The third-order valence-electron chi connectivity index (χ3n) is 4.11. The molecule has 0 radical (unpaired) electrons. The Labute approximate surface area is 162 Å². The van der Waals surface area contributed by atoms with Crippen LogP contribution in [-0.2, 0) is 21.4 Å². The van der Waals surface area contributed by atoms with Gasteiger partial charge in [-0.3, -0.25) is 4.79 Å². The molecule has 0 atom stereocenters. The number of sulfonamides is 1. The van der Waals surface area contributed by atoms with E-state index >= 15 is 0 Å². The lowest BCUT2D eigenvalue weighted by molar-refractivity contribution is -0.116. The van der Waals surface area contributed by atoms with Crippen LogP contribution in [0.15, 0.2) is 47.6 Å². The molecule has 1 aromatic heterocycles. The molecule has 0 spiro atoms. The summed E-state index contributed by atoms with van der Waals surface area (Å²) < 4.78 is 38.8. The fourth-order valence-electron chi connectivity index (χ4n) is 2.77. The molecule has 1 amide bonds. The van der Waals surface area contributed by atoms with E-state index < -0.39 is 10.0 Å². The maximum Gasteiger partial charge on any atom is 0.244 e. The lowest BCUT2D eigenvalue weighted by atomic mass is 10.2. The number of fused-ring (bicyclic) bond motifs is 1. The smallest absolute Gasteiger partial charge is 0.244 e. The first kappa shape index (κ1) is 19.6. The average Bonchev–Trinajstić information content (AvgIpc) is 3.10. The number of rotatable bonds is 7. The Morgan fingerprint density at radius 2 is 1.82 bits per heavy atom. The number of nitrogens with one attached hydrogen (secondary N) is 2. The van der Waals surface area contributed by atoms with E-state index in [1.54, 1.807) is 30.3 Å². The van der Waals surface area contributed by atoms with Gasteiger partial charge in [0.1, 0.15) is 22.9 Å². The van der Waals surface area contributed by atoms with Gasteiger partial charge in [-0.25, -0.2) is 18.1 Å².